The van der Waals surface area contributed by atoms with Crippen LogP contribution in [0.15, 0.2) is 46.7 Å². The molecule has 1 N–H and O–H groups in total. The van der Waals surface area contributed by atoms with Gasteiger partial charge in [0, 0.05) is 29.9 Å². The molecule has 1 unspecified atom stereocenters. The number of carbonyl (C=O) groups excluding carboxylic acids is 1. The van der Waals surface area contributed by atoms with Crippen LogP contribution in [-0.4, -0.2) is 41.3 Å². The van der Waals surface area contributed by atoms with Gasteiger partial charge < -0.3 is 5.32 Å². The molecule has 0 aliphatic carbocycles. The number of hydrogen-bond donors (Lipinski definition) is 1. The molecule has 0 fully saturated rings. The summed E-state index contributed by atoms with van der Waals surface area (Å²) in [5.74, 6) is -0.130. The Morgan fingerprint density at radius 2 is 1.69 bits per heavy atom. The number of hydrogen-bond acceptors (Lipinski definition) is 5. The van der Waals surface area contributed by atoms with E-state index in [0.717, 1.165) is 27.8 Å². The normalized spacial score (nSPS) is 12.8. The first-order valence-electron chi connectivity index (χ1n) is 10.7. The lowest BCUT2D eigenvalue weighted by molar-refractivity contribution is -0.121. The Kier molecular flexibility index (Phi) is 7.53. The Labute approximate surface area is 194 Å². The standard InChI is InChI=1S/C23H30N4O3S2/c1-6-26(7-2)32(29,30)21-12-10-19(11-13-21)18(5)24-22(28)14-20-15-31-23(25-20)27-16(3)8-9-17(27)4/h8-13,15,18H,6-7,14H2,1-5H3,(H,24,28). The van der Waals surface area contributed by atoms with E-state index in [4.69, 9.17) is 0 Å². The summed E-state index contributed by atoms with van der Waals surface area (Å²) < 4.78 is 28.8. The molecule has 0 radical (unpaired) electrons. The number of carbonyl (C=O) groups is 1. The fraction of sp³-hybridized carbons (Fsp3) is 0.391. The SMILES string of the molecule is CCN(CC)S(=O)(=O)c1ccc(C(C)NC(=O)Cc2csc(-n3c(C)ccc3C)n2)cc1. The van der Waals surface area contributed by atoms with Crippen molar-refractivity contribution in [2.24, 2.45) is 0 Å². The van der Waals surface area contributed by atoms with Crippen molar-refractivity contribution in [2.75, 3.05) is 13.1 Å². The lowest BCUT2D eigenvalue weighted by Gasteiger charge is -2.19. The summed E-state index contributed by atoms with van der Waals surface area (Å²) in [7, 11) is -3.49. The van der Waals surface area contributed by atoms with Crippen LogP contribution < -0.4 is 5.32 Å². The van der Waals surface area contributed by atoms with Crippen LogP contribution in [0.25, 0.3) is 5.13 Å². The fourth-order valence-corrected chi connectivity index (χ4v) is 6.03. The third-order valence-electron chi connectivity index (χ3n) is 5.44. The third kappa shape index (κ3) is 5.11. The van der Waals surface area contributed by atoms with E-state index in [9.17, 15) is 13.2 Å². The van der Waals surface area contributed by atoms with Crippen molar-refractivity contribution in [3.8, 4) is 5.13 Å². The van der Waals surface area contributed by atoms with Crippen molar-refractivity contribution in [1.82, 2.24) is 19.2 Å². The van der Waals surface area contributed by atoms with Crippen LogP contribution in [0.2, 0.25) is 0 Å². The average Bonchev–Trinajstić information content (AvgIpc) is 3.34. The first-order chi connectivity index (χ1) is 15.2. The van der Waals surface area contributed by atoms with Gasteiger partial charge >= 0.3 is 0 Å². The molecular weight excluding hydrogens is 444 g/mol. The molecule has 1 amide bonds. The topological polar surface area (TPSA) is 84.3 Å². The summed E-state index contributed by atoms with van der Waals surface area (Å²) in [6.07, 6.45) is 0.189. The minimum atomic E-state index is -3.49. The zero-order chi connectivity index (χ0) is 23.5. The maximum atomic E-state index is 12.6. The largest absolute Gasteiger partial charge is 0.349 e. The summed E-state index contributed by atoms with van der Waals surface area (Å²) in [5, 5.41) is 5.73. The molecule has 1 aromatic carbocycles. The van der Waals surface area contributed by atoms with Crippen molar-refractivity contribution >= 4 is 27.3 Å². The van der Waals surface area contributed by atoms with Crippen LogP contribution >= 0.6 is 11.3 Å². The van der Waals surface area contributed by atoms with Gasteiger partial charge in [-0.1, -0.05) is 26.0 Å². The molecule has 172 valence electrons. The van der Waals surface area contributed by atoms with E-state index in [-0.39, 0.29) is 23.3 Å². The molecule has 1 atom stereocenters. The first kappa shape index (κ1) is 24.2. The average molecular weight is 475 g/mol. The number of thiazole rings is 1. The quantitative estimate of drug-likeness (QED) is 0.508. The highest BCUT2D eigenvalue weighted by molar-refractivity contribution is 7.89. The van der Waals surface area contributed by atoms with Gasteiger partial charge in [0.1, 0.15) is 0 Å². The number of aromatic nitrogens is 2. The Bertz CT molecular complexity index is 1160. The smallest absolute Gasteiger partial charge is 0.243 e. The molecule has 0 aliphatic rings. The molecule has 9 heteroatoms. The number of nitrogens with one attached hydrogen (secondary N) is 1. The predicted molar refractivity (Wildman–Crippen MR) is 128 cm³/mol. The molecule has 2 aromatic heterocycles. The van der Waals surface area contributed by atoms with Gasteiger partial charge in [-0.2, -0.15) is 4.31 Å². The van der Waals surface area contributed by atoms with Crippen molar-refractivity contribution in [1.29, 1.82) is 0 Å². The van der Waals surface area contributed by atoms with Crippen LogP contribution in [0.3, 0.4) is 0 Å². The highest BCUT2D eigenvalue weighted by Gasteiger charge is 2.22. The fourth-order valence-electron chi connectivity index (χ4n) is 3.63. The van der Waals surface area contributed by atoms with Crippen molar-refractivity contribution in [3.05, 3.63) is 64.4 Å². The number of sulfonamides is 1. The Morgan fingerprint density at radius 3 is 2.25 bits per heavy atom. The Balaban J connectivity index is 1.64. The van der Waals surface area contributed by atoms with E-state index in [1.165, 1.54) is 15.6 Å². The number of benzene rings is 1. The molecule has 0 spiro atoms. The van der Waals surface area contributed by atoms with Gasteiger partial charge in [-0.15, -0.1) is 11.3 Å². The highest BCUT2D eigenvalue weighted by Crippen LogP contribution is 2.22. The van der Waals surface area contributed by atoms with E-state index < -0.39 is 10.0 Å². The minimum Gasteiger partial charge on any atom is -0.349 e. The summed E-state index contributed by atoms with van der Waals surface area (Å²) in [5.41, 5.74) is 3.78. The van der Waals surface area contributed by atoms with Crippen molar-refractivity contribution in [2.45, 2.75) is 52.0 Å². The third-order valence-corrected chi connectivity index (χ3v) is 8.38. The summed E-state index contributed by atoms with van der Waals surface area (Å²) in [6.45, 7) is 10.4. The molecule has 0 aliphatic heterocycles. The van der Waals surface area contributed by atoms with Crippen LogP contribution in [0.4, 0.5) is 0 Å². The second-order valence-corrected chi connectivity index (χ2v) is 10.5. The first-order valence-corrected chi connectivity index (χ1v) is 13.0. The molecule has 3 rings (SSSR count). The molecule has 3 aromatic rings. The maximum Gasteiger partial charge on any atom is 0.243 e. The number of nitrogens with zero attached hydrogens (tertiary/aromatic N) is 3. The lowest BCUT2D eigenvalue weighted by Crippen LogP contribution is -2.30. The van der Waals surface area contributed by atoms with E-state index in [1.807, 2.05) is 52.1 Å². The summed E-state index contributed by atoms with van der Waals surface area (Å²) in [6, 6.07) is 10.5. The second kappa shape index (κ2) is 9.97. The zero-order valence-corrected chi connectivity index (χ0v) is 20.8. The van der Waals surface area contributed by atoms with Gasteiger partial charge in [0.25, 0.3) is 0 Å². The maximum absolute atomic E-state index is 12.6. The molecular formula is C23H30N4O3S2. The molecule has 2 heterocycles. The van der Waals surface area contributed by atoms with Crippen molar-refractivity contribution in [3.63, 3.8) is 0 Å². The van der Waals surface area contributed by atoms with E-state index in [2.05, 4.69) is 14.9 Å². The summed E-state index contributed by atoms with van der Waals surface area (Å²) >= 11 is 1.51. The lowest BCUT2D eigenvalue weighted by atomic mass is 10.1. The van der Waals surface area contributed by atoms with Gasteiger partial charge in [0.15, 0.2) is 5.13 Å². The van der Waals surface area contributed by atoms with Gasteiger partial charge in [0.2, 0.25) is 15.9 Å². The zero-order valence-electron chi connectivity index (χ0n) is 19.1. The van der Waals surface area contributed by atoms with Gasteiger partial charge in [-0.25, -0.2) is 13.4 Å². The van der Waals surface area contributed by atoms with Crippen LogP contribution in [0, 0.1) is 13.8 Å². The Hall–Kier alpha value is -2.49. The molecule has 0 saturated carbocycles. The monoisotopic (exact) mass is 474 g/mol. The van der Waals surface area contributed by atoms with Crippen molar-refractivity contribution < 1.29 is 13.2 Å². The molecule has 0 bridgehead atoms. The van der Waals surface area contributed by atoms with Crippen LogP contribution in [-0.2, 0) is 21.2 Å². The summed E-state index contributed by atoms with van der Waals surface area (Å²) in [4.78, 5) is 17.4. The van der Waals surface area contributed by atoms with Gasteiger partial charge in [-0.05, 0) is 50.6 Å². The molecule has 0 saturated heterocycles. The number of aryl methyl sites for hydroxylation is 2. The van der Waals surface area contributed by atoms with E-state index >= 15 is 0 Å². The second-order valence-electron chi connectivity index (χ2n) is 7.70. The molecule has 7 nitrogen and oxygen atoms in total. The van der Waals surface area contributed by atoms with Gasteiger partial charge in [0.05, 0.1) is 23.1 Å². The highest BCUT2D eigenvalue weighted by atomic mass is 32.2. The Morgan fingerprint density at radius 1 is 1.09 bits per heavy atom. The van der Waals surface area contributed by atoms with Crippen LogP contribution in [0.5, 0.6) is 0 Å². The van der Waals surface area contributed by atoms with Crippen LogP contribution in [0.1, 0.15) is 49.5 Å². The predicted octanol–water partition coefficient (Wildman–Crippen LogP) is 4.00. The minimum absolute atomic E-state index is 0.130. The van der Waals surface area contributed by atoms with E-state index in [1.54, 1.807) is 24.3 Å². The number of rotatable bonds is 9. The van der Waals surface area contributed by atoms with Gasteiger partial charge in [-0.3, -0.25) is 9.36 Å². The molecule has 32 heavy (non-hydrogen) atoms. The number of amides is 1. The van der Waals surface area contributed by atoms with E-state index in [0.29, 0.717) is 13.1 Å².